The Kier molecular flexibility index (Phi) is 5.01. The lowest BCUT2D eigenvalue weighted by molar-refractivity contribution is 0.102. The second-order valence-corrected chi connectivity index (χ2v) is 6.51. The van der Waals surface area contributed by atoms with E-state index in [1.54, 1.807) is 11.8 Å². The first-order valence-corrected chi connectivity index (χ1v) is 8.63. The molecule has 0 saturated carbocycles. The van der Waals surface area contributed by atoms with Crippen molar-refractivity contribution in [3.05, 3.63) is 77.2 Å². The van der Waals surface area contributed by atoms with Crippen LogP contribution in [0, 0.1) is 13.8 Å². The summed E-state index contributed by atoms with van der Waals surface area (Å²) in [5.74, 6) is 1.32. The molecule has 24 heavy (non-hydrogen) atoms. The molecule has 1 N–H and O–H groups in total. The third-order valence-electron chi connectivity index (χ3n) is 3.57. The third-order valence-corrected chi connectivity index (χ3v) is 4.67. The number of aromatic nitrogens is 1. The van der Waals surface area contributed by atoms with Crippen molar-refractivity contribution in [3.8, 4) is 0 Å². The van der Waals surface area contributed by atoms with Crippen molar-refractivity contribution in [2.45, 2.75) is 24.5 Å². The standard InChI is InChI=1S/C19H18N2O2S/c1-13-7-3-5-9-17(13)20-19(22)16-8-4-6-10-18(16)24-12-15-11-14(2)21-23-15/h3-11H,12H2,1-2H3,(H,20,22). The van der Waals surface area contributed by atoms with E-state index in [0.29, 0.717) is 11.3 Å². The summed E-state index contributed by atoms with van der Waals surface area (Å²) in [6, 6.07) is 17.2. The topological polar surface area (TPSA) is 55.1 Å². The molecule has 3 rings (SSSR count). The van der Waals surface area contributed by atoms with Gasteiger partial charge in [0.25, 0.3) is 5.91 Å². The minimum Gasteiger partial charge on any atom is -0.360 e. The Morgan fingerprint density at radius 1 is 1.12 bits per heavy atom. The molecule has 0 unspecified atom stereocenters. The molecule has 0 fully saturated rings. The number of thioether (sulfide) groups is 1. The van der Waals surface area contributed by atoms with Gasteiger partial charge in [-0.25, -0.2) is 0 Å². The highest BCUT2D eigenvalue weighted by Crippen LogP contribution is 2.27. The van der Waals surface area contributed by atoms with Crippen LogP contribution in [0.4, 0.5) is 5.69 Å². The summed E-state index contributed by atoms with van der Waals surface area (Å²) in [7, 11) is 0. The highest BCUT2D eigenvalue weighted by atomic mass is 32.2. The van der Waals surface area contributed by atoms with Gasteiger partial charge in [-0.1, -0.05) is 35.5 Å². The highest BCUT2D eigenvalue weighted by molar-refractivity contribution is 7.98. The molecular weight excluding hydrogens is 320 g/mol. The largest absolute Gasteiger partial charge is 0.360 e. The van der Waals surface area contributed by atoms with Gasteiger partial charge in [0.2, 0.25) is 0 Å². The van der Waals surface area contributed by atoms with E-state index in [9.17, 15) is 4.79 Å². The molecule has 2 aromatic carbocycles. The molecular formula is C19H18N2O2S. The van der Waals surface area contributed by atoms with E-state index in [4.69, 9.17) is 4.52 Å². The first-order chi connectivity index (χ1) is 11.6. The second-order valence-electron chi connectivity index (χ2n) is 5.49. The monoisotopic (exact) mass is 338 g/mol. The molecule has 0 bridgehead atoms. The van der Waals surface area contributed by atoms with Crippen LogP contribution in [0.5, 0.6) is 0 Å². The van der Waals surface area contributed by atoms with Gasteiger partial charge in [-0.2, -0.15) is 0 Å². The van der Waals surface area contributed by atoms with Crippen molar-refractivity contribution in [1.29, 1.82) is 0 Å². The smallest absolute Gasteiger partial charge is 0.256 e. The number of amides is 1. The van der Waals surface area contributed by atoms with Crippen LogP contribution in [-0.2, 0) is 5.75 Å². The third kappa shape index (κ3) is 3.86. The zero-order chi connectivity index (χ0) is 16.9. The Bertz CT molecular complexity index is 858. The number of hydrogen-bond acceptors (Lipinski definition) is 4. The average molecular weight is 338 g/mol. The van der Waals surface area contributed by atoms with Crippen LogP contribution in [0.15, 0.2) is 64.0 Å². The van der Waals surface area contributed by atoms with Crippen LogP contribution < -0.4 is 5.32 Å². The number of aryl methyl sites for hydroxylation is 2. The van der Waals surface area contributed by atoms with Gasteiger partial charge in [0.1, 0.15) is 5.76 Å². The van der Waals surface area contributed by atoms with Crippen LogP contribution >= 0.6 is 11.8 Å². The predicted octanol–water partition coefficient (Wildman–Crippen LogP) is 4.84. The summed E-state index contributed by atoms with van der Waals surface area (Å²) in [5, 5.41) is 6.87. The van der Waals surface area contributed by atoms with E-state index >= 15 is 0 Å². The number of anilines is 1. The van der Waals surface area contributed by atoms with E-state index in [-0.39, 0.29) is 5.91 Å². The molecule has 0 radical (unpaired) electrons. The number of para-hydroxylation sites is 1. The molecule has 122 valence electrons. The molecule has 0 aliphatic heterocycles. The fourth-order valence-corrected chi connectivity index (χ4v) is 3.24. The molecule has 5 heteroatoms. The van der Waals surface area contributed by atoms with Crippen LogP contribution in [-0.4, -0.2) is 11.1 Å². The predicted molar refractivity (Wildman–Crippen MR) is 96.4 cm³/mol. The van der Waals surface area contributed by atoms with Gasteiger partial charge < -0.3 is 9.84 Å². The van der Waals surface area contributed by atoms with Crippen LogP contribution in [0.25, 0.3) is 0 Å². The first-order valence-electron chi connectivity index (χ1n) is 7.64. The lowest BCUT2D eigenvalue weighted by Gasteiger charge is -2.11. The number of carbonyl (C=O) groups excluding carboxylic acids is 1. The Hall–Kier alpha value is -2.53. The van der Waals surface area contributed by atoms with Crippen molar-refractivity contribution < 1.29 is 9.32 Å². The van der Waals surface area contributed by atoms with Crippen LogP contribution in [0.1, 0.15) is 27.4 Å². The minimum absolute atomic E-state index is 0.110. The van der Waals surface area contributed by atoms with Gasteiger partial charge in [-0.05, 0) is 37.6 Å². The van der Waals surface area contributed by atoms with Crippen LogP contribution in [0.3, 0.4) is 0 Å². The summed E-state index contributed by atoms with van der Waals surface area (Å²) in [6.07, 6.45) is 0. The van der Waals surface area contributed by atoms with E-state index in [1.165, 1.54) is 0 Å². The quantitative estimate of drug-likeness (QED) is 0.677. The van der Waals surface area contributed by atoms with Gasteiger partial charge in [-0.3, -0.25) is 4.79 Å². The molecule has 0 atom stereocenters. The molecule has 1 amide bonds. The first kappa shape index (κ1) is 16.3. The van der Waals surface area contributed by atoms with E-state index in [0.717, 1.165) is 27.6 Å². The molecule has 0 saturated heterocycles. The van der Waals surface area contributed by atoms with Crippen molar-refractivity contribution in [2.75, 3.05) is 5.32 Å². The van der Waals surface area contributed by atoms with E-state index in [2.05, 4.69) is 10.5 Å². The molecule has 0 spiro atoms. The van der Waals surface area contributed by atoms with Crippen molar-refractivity contribution >= 4 is 23.4 Å². The molecule has 0 aliphatic carbocycles. The molecule has 3 aromatic rings. The minimum atomic E-state index is -0.110. The van der Waals surface area contributed by atoms with Crippen molar-refractivity contribution in [1.82, 2.24) is 5.16 Å². The maximum atomic E-state index is 12.6. The van der Waals surface area contributed by atoms with Crippen LogP contribution in [0.2, 0.25) is 0 Å². The fourth-order valence-electron chi connectivity index (χ4n) is 2.32. The number of rotatable bonds is 5. The fraction of sp³-hybridized carbons (Fsp3) is 0.158. The second kappa shape index (κ2) is 7.36. The lowest BCUT2D eigenvalue weighted by atomic mass is 10.1. The van der Waals surface area contributed by atoms with Gasteiger partial charge in [0.15, 0.2) is 0 Å². The molecule has 1 heterocycles. The van der Waals surface area contributed by atoms with Gasteiger partial charge in [0.05, 0.1) is 17.0 Å². The van der Waals surface area contributed by atoms with E-state index in [1.807, 2.05) is 68.4 Å². The lowest BCUT2D eigenvalue weighted by Crippen LogP contribution is -2.13. The number of hydrogen-bond donors (Lipinski definition) is 1. The Morgan fingerprint density at radius 2 is 1.88 bits per heavy atom. The van der Waals surface area contributed by atoms with Gasteiger partial charge in [0, 0.05) is 16.6 Å². The van der Waals surface area contributed by atoms with Crippen molar-refractivity contribution in [3.63, 3.8) is 0 Å². The summed E-state index contributed by atoms with van der Waals surface area (Å²) in [4.78, 5) is 13.6. The molecule has 4 nitrogen and oxygen atoms in total. The highest BCUT2D eigenvalue weighted by Gasteiger charge is 2.13. The van der Waals surface area contributed by atoms with Gasteiger partial charge in [-0.15, -0.1) is 11.8 Å². The molecule has 1 aromatic heterocycles. The number of carbonyl (C=O) groups is 1. The van der Waals surface area contributed by atoms with E-state index < -0.39 is 0 Å². The number of benzene rings is 2. The zero-order valence-corrected chi connectivity index (χ0v) is 14.4. The average Bonchev–Trinajstić information content (AvgIpc) is 3.01. The summed E-state index contributed by atoms with van der Waals surface area (Å²) in [6.45, 7) is 3.86. The molecule has 0 aliphatic rings. The normalized spacial score (nSPS) is 10.6. The van der Waals surface area contributed by atoms with Crippen molar-refractivity contribution in [2.24, 2.45) is 0 Å². The number of nitrogens with zero attached hydrogens (tertiary/aromatic N) is 1. The Labute approximate surface area is 145 Å². The van der Waals surface area contributed by atoms with Gasteiger partial charge >= 0.3 is 0 Å². The summed E-state index contributed by atoms with van der Waals surface area (Å²) in [5.41, 5.74) is 3.37. The zero-order valence-electron chi connectivity index (χ0n) is 13.6. The maximum absolute atomic E-state index is 12.6. The number of nitrogens with one attached hydrogen (secondary N) is 1. The maximum Gasteiger partial charge on any atom is 0.256 e. The summed E-state index contributed by atoms with van der Waals surface area (Å²) < 4.78 is 5.23. The Balaban J connectivity index is 1.75. The Morgan fingerprint density at radius 3 is 2.62 bits per heavy atom. The summed E-state index contributed by atoms with van der Waals surface area (Å²) >= 11 is 1.56. The SMILES string of the molecule is Cc1cc(CSc2ccccc2C(=O)Nc2ccccc2C)on1.